The highest BCUT2D eigenvalue weighted by Gasteiger charge is 2.17. The molecule has 2 aromatic carbocycles. The Kier molecular flexibility index (Phi) is 8.20. The molecule has 0 radical (unpaired) electrons. The average molecular weight is 357 g/mol. The van der Waals surface area contributed by atoms with E-state index in [1.807, 2.05) is 48.5 Å². The molecular weight excluding hydrogens is 332 g/mol. The van der Waals surface area contributed by atoms with Crippen molar-refractivity contribution in [1.82, 2.24) is 0 Å². The van der Waals surface area contributed by atoms with Crippen molar-refractivity contribution in [3.63, 3.8) is 0 Å². The fraction of sp³-hybridized carbons (Fsp3) is 0.286. The summed E-state index contributed by atoms with van der Waals surface area (Å²) in [7, 11) is 0. The Morgan fingerprint density at radius 2 is 1.25 bits per heavy atom. The Bertz CT molecular complexity index is 663. The van der Waals surface area contributed by atoms with Crippen LogP contribution in [0.2, 0.25) is 0 Å². The number of rotatable bonds is 8. The van der Waals surface area contributed by atoms with Gasteiger partial charge in [0, 0.05) is 15.4 Å². The van der Waals surface area contributed by atoms with Crippen molar-refractivity contribution >= 4 is 28.6 Å². The van der Waals surface area contributed by atoms with Gasteiger partial charge < -0.3 is 0 Å². The third-order valence-corrected chi connectivity index (χ3v) is 5.64. The predicted octanol–water partition coefficient (Wildman–Crippen LogP) is 6.95. The molecule has 0 saturated carbocycles. The average Bonchev–Trinajstić information content (AvgIpc) is 2.61. The van der Waals surface area contributed by atoms with Gasteiger partial charge in [-0.15, -0.1) is 0 Å². The van der Waals surface area contributed by atoms with Crippen molar-refractivity contribution in [3.8, 4) is 0 Å². The van der Waals surface area contributed by atoms with Gasteiger partial charge in [-0.1, -0.05) is 74.8 Å². The van der Waals surface area contributed by atoms with Gasteiger partial charge in [0.15, 0.2) is 0 Å². The van der Waals surface area contributed by atoms with Gasteiger partial charge in [-0.05, 0) is 53.8 Å². The van der Waals surface area contributed by atoms with Crippen molar-refractivity contribution in [3.05, 3.63) is 71.1 Å². The van der Waals surface area contributed by atoms with Crippen LogP contribution in [0, 0.1) is 0 Å². The van der Waals surface area contributed by atoms with Crippen LogP contribution < -0.4 is 0 Å². The zero-order valence-electron chi connectivity index (χ0n) is 14.3. The lowest BCUT2D eigenvalue weighted by Gasteiger charge is -2.13. The molecule has 0 atom stereocenters. The van der Waals surface area contributed by atoms with Crippen LogP contribution in [-0.4, -0.2) is 5.12 Å². The third kappa shape index (κ3) is 5.88. The van der Waals surface area contributed by atoms with Crippen molar-refractivity contribution in [2.24, 2.45) is 0 Å². The molecule has 0 heterocycles. The van der Waals surface area contributed by atoms with Gasteiger partial charge in [-0.2, -0.15) is 0 Å². The van der Waals surface area contributed by atoms with E-state index in [2.05, 4.69) is 26.0 Å². The molecule has 0 aromatic heterocycles. The molecular formula is C21H24OS2. The molecule has 24 heavy (non-hydrogen) atoms. The highest BCUT2D eigenvalue weighted by Crippen LogP contribution is 2.36. The fourth-order valence-corrected chi connectivity index (χ4v) is 4.51. The summed E-state index contributed by atoms with van der Waals surface area (Å²) in [5.41, 5.74) is 0.988. The maximum atomic E-state index is 12.9. The van der Waals surface area contributed by atoms with Crippen molar-refractivity contribution in [1.29, 1.82) is 0 Å². The zero-order valence-corrected chi connectivity index (χ0v) is 16.0. The molecule has 0 fully saturated rings. The Morgan fingerprint density at radius 1 is 0.750 bits per heavy atom. The van der Waals surface area contributed by atoms with E-state index in [9.17, 15) is 4.79 Å². The maximum absolute atomic E-state index is 12.9. The monoisotopic (exact) mass is 356 g/mol. The summed E-state index contributed by atoms with van der Waals surface area (Å²) in [4.78, 5) is 16.3. The third-order valence-electron chi connectivity index (χ3n) is 3.50. The minimum absolute atomic E-state index is 0.190. The van der Waals surface area contributed by atoms with E-state index in [-0.39, 0.29) is 5.12 Å². The van der Waals surface area contributed by atoms with E-state index in [4.69, 9.17) is 0 Å². The smallest absolute Gasteiger partial charge is 0.220 e. The van der Waals surface area contributed by atoms with Crippen molar-refractivity contribution in [2.45, 2.75) is 49.3 Å². The van der Waals surface area contributed by atoms with Gasteiger partial charge in [0.1, 0.15) is 0 Å². The number of carbonyl (C=O) groups excluding carboxylic acids is 1. The van der Waals surface area contributed by atoms with Crippen LogP contribution >= 0.6 is 23.5 Å². The maximum Gasteiger partial charge on any atom is 0.220 e. The summed E-state index contributed by atoms with van der Waals surface area (Å²) in [6.07, 6.45) is 3.83. The molecule has 2 aromatic rings. The van der Waals surface area contributed by atoms with E-state index in [1.165, 1.54) is 21.6 Å². The Morgan fingerprint density at radius 3 is 1.75 bits per heavy atom. The van der Waals surface area contributed by atoms with E-state index in [1.54, 1.807) is 11.8 Å². The van der Waals surface area contributed by atoms with Crippen LogP contribution in [0.5, 0.6) is 0 Å². The second kappa shape index (κ2) is 10.4. The number of allylic oxidation sites excluding steroid dienone is 1. The lowest BCUT2D eigenvalue weighted by molar-refractivity contribution is -0.108. The van der Waals surface area contributed by atoms with E-state index >= 15 is 0 Å². The van der Waals surface area contributed by atoms with Crippen LogP contribution in [0.4, 0.5) is 0 Å². The molecule has 0 N–H and O–H groups in total. The molecule has 2 rings (SSSR count). The topological polar surface area (TPSA) is 17.1 Å². The largest absolute Gasteiger partial charge is 0.282 e. The number of benzene rings is 2. The Hall–Kier alpha value is -1.45. The SMILES string of the molecule is CCC/C(Sc1ccccc1)=C(\CCC)C(=O)Sc1ccccc1. The lowest BCUT2D eigenvalue weighted by Crippen LogP contribution is -2.01. The molecule has 0 unspecified atom stereocenters. The molecule has 126 valence electrons. The summed E-state index contributed by atoms with van der Waals surface area (Å²) in [6.45, 7) is 4.31. The van der Waals surface area contributed by atoms with Crippen LogP contribution in [-0.2, 0) is 4.79 Å². The summed E-state index contributed by atoms with van der Waals surface area (Å²) >= 11 is 3.09. The van der Waals surface area contributed by atoms with Gasteiger partial charge in [0.2, 0.25) is 5.12 Å². The standard InChI is InChI=1S/C21H24OS2/c1-3-11-19(21(22)24-18-15-9-6-10-16-18)20(12-4-2)23-17-13-7-5-8-14-17/h5-10,13-16H,3-4,11-12H2,1-2H3/b20-19-. The van der Waals surface area contributed by atoms with Gasteiger partial charge in [0.25, 0.3) is 0 Å². The van der Waals surface area contributed by atoms with Gasteiger partial charge >= 0.3 is 0 Å². The highest BCUT2D eigenvalue weighted by molar-refractivity contribution is 8.14. The van der Waals surface area contributed by atoms with Crippen LogP contribution in [0.15, 0.2) is 80.9 Å². The number of hydrogen-bond donors (Lipinski definition) is 0. The first-order chi connectivity index (χ1) is 11.7. The van der Waals surface area contributed by atoms with Gasteiger partial charge in [0.05, 0.1) is 0 Å². The molecule has 1 nitrogen and oxygen atoms in total. The molecule has 0 amide bonds. The normalized spacial score (nSPS) is 11.9. The molecule has 0 spiro atoms. The molecule has 0 saturated heterocycles. The van der Waals surface area contributed by atoms with Gasteiger partial charge in [-0.3, -0.25) is 4.79 Å². The summed E-state index contributed by atoms with van der Waals surface area (Å²) in [6, 6.07) is 20.3. The molecule has 0 aliphatic carbocycles. The minimum atomic E-state index is 0.190. The van der Waals surface area contributed by atoms with Crippen LogP contribution in [0.25, 0.3) is 0 Å². The Balaban J connectivity index is 2.27. The first-order valence-electron chi connectivity index (χ1n) is 8.46. The predicted molar refractivity (Wildman–Crippen MR) is 106 cm³/mol. The lowest BCUT2D eigenvalue weighted by atomic mass is 10.1. The van der Waals surface area contributed by atoms with Gasteiger partial charge in [-0.25, -0.2) is 0 Å². The Labute approximate surface area is 153 Å². The van der Waals surface area contributed by atoms with E-state index in [0.29, 0.717) is 0 Å². The second-order valence-corrected chi connectivity index (χ2v) is 7.73. The quantitative estimate of drug-likeness (QED) is 0.376. The number of hydrogen-bond acceptors (Lipinski definition) is 3. The minimum Gasteiger partial charge on any atom is -0.282 e. The second-order valence-electron chi connectivity index (χ2n) is 5.52. The number of carbonyl (C=O) groups is 1. The fourth-order valence-electron chi connectivity index (χ4n) is 2.38. The zero-order chi connectivity index (χ0) is 17.2. The molecule has 0 aliphatic heterocycles. The summed E-state index contributed by atoms with van der Waals surface area (Å²) in [5, 5.41) is 0.190. The van der Waals surface area contributed by atoms with E-state index < -0.39 is 0 Å². The number of thioether (sulfide) groups is 2. The van der Waals surface area contributed by atoms with Crippen molar-refractivity contribution in [2.75, 3.05) is 0 Å². The molecule has 0 aliphatic rings. The first-order valence-corrected chi connectivity index (χ1v) is 10.1. The van der Waals surface area contributed by atoms with Crippen molar-refractivity contribution < 1.29 is 4.79 Å². The van der Waals surface area contributed by atoms with Crippen LogP contribution in [0.3, 0.4) is 0 Å². The van der Waals surface area contributed by atoms with E-state index in [0.717, 1.165) is 36.2 Å². The van der Waals surface area contributed by atoms with Crippen LogP contribution in [0.1, 0.15) is 39.5 Å². The highest BCUT2D eigenvalue weighted by atomic mass is 32.2. The molecule has 0 bridgehead atoms. The summed E-state index contributed by atoms with van der Waals surface area (Å²) in [5.74, 6) is 0. The summed E-state index contributed by atoms with van der Waals surface area (Å²) < 4.78 is 0. The first kappa shape index (κ1) is 18.9. The molecule has 3 heteroatoms.